The molecule has 1 rings (SSSR count). The molecule has 0 spiro atoms. The molecule has 0 heterocycles. The Labute approximate surface area is 94.6 Å². The summed E-state index contributed by atoms with van der Waals surface area (Å²) in [6.45, 7) is 2.34. The molecule has 1 aromatic rings. The van der Waals surface area contributed by atoms with E-state index >= 15 is 0 Å². The van der Waals surface area contributed by atoms with Gasteiger partial charge in [-0.1, -0.05) is 12.1 Å². The molecule has 0 aromatic heterocycles. The van der Waals surface area contributed by atoms with Gasteiger partial charge in [0.25, 0.3) is 0 Å². The SMILES string of the molecule is COCC(O)CSc1cccc(C)c1N. The van der Waals surface area contributed by atoms with E-state index in [1.165, 1.54) is 0 Å². The number of para-hydroxylation sites is 1. The Bertz CT molecular complexity index is 317. The van der Waals surface area contributed by atoms with Crippen molar-refractivity contribution in [1.82, 2.24) is 0 Å². The van der Waals surface area contributed by atoms with Gasteiger partial charge in [0.1, 0.15) is 0 Å². The van der Waals surface area contributed by atoms with Crippen molar-refractivity contribution < 1.29 is 9.84 Å². The van der Waals surface area contributed by atoms with Crippen LogP contribution in [0.25, 0.3) is 0 Å². The predicted molar refractivity (Wildman–Crippen MR) is 64.2 cm³/mol. The predicted octanol–water partition coefficient (Wildman–Crippen LogP) is 1.68. The maximum atomic E-state index is 9.48. The second-order valence-corrected chi connectivity index (χ2v) is 4.47. The van der Waals surface area contributed by atoms with Crippen LogP contribution < -0.4 is 5.73 Å². The Hall–Kier alpha value is -0.710. The van der Waals surface area contributed by atoms with E-state index in [2.05, 4.69) is 0 Å². The Morgan fingerprint density at radius 1 is 1.53 bits per heavy atom. The molecular weight excluding hydrogens is 210 g/mol. The maximum absolute atomic E-state index is 9.48. The van der Waals surface area contributed by atoms with Crippen LogP contribution in [-0.2, 0) is 4.74 Å². The van der Waals surface area contributed by atoms with Crippen molar-refractivity contribution in [3.8, 4) is 0 Å². The fourth-order valence-corrected chi connectivity index (χ4v) is 2.17. The van der Waals surface area contributed by atoms with Gasteiger partial charge in [-0.25, -0.2) is 0 Å². The van der Waals surface area contributed by atoms with E-state index in [4.69, 9.17) is 10.5 Å². The molecule has 0 fully saturated rings. The van der Waals surface area contributed by atoms with Crippen molar-refractivity contribution in [3.05, 3.63) is 23.8 Å². The molecule has 3 N–H and O–H groups in total. The van der Waals surface area contributed by atoms with Crippen molar-refractivity contribution in [2.75, 3.05) is 25.2 Å². The van der Waals surface area contributed by atoms with Gasteiger partial charge in [-0.15, -0.1) is 11.8 Å². The lowest BCUT2D eigenvalue weighted by Crippen LogP contribution is -2.16. The summed E-state index contributed by atoms with van der Waals surface area (Å²) >= 11 is 1.55. The quantitative estimate of drug-likeness (QED) is 0.593. The van der Waals surface area contributed by atoms with Crippen LogP contribution in [0.1, 0.15) is 5.56 Å². The molecule has 3 nitrogen and oxygen atoms in total. The number of benzene rings is 1. The summed E-state index contributed by atoms with van der Waals surface area (Å²) in [5.74, 6) is 0.599. The molecule has 0 aliphatic rings. The fraction of sp³-hybridized carbons (Fsp3) is 0.455. The summed E-state index contributed by atoms with van der Waals surface area (Å²) in [6.07, 6.45) is -0.445. The first kappa shape index (κ1) is 12.4. The van der Waals surface area contributed by atoms with Gasteiger partial charge in [0.05, 0.1) is 12.7 Å². The smallest absolute Gasteiger partial charge is 0.0867 e. The molecule has 0 aliphatic heterocycles. The van der Waals surface area contributed by atoms with Crippen molar-refractivity contribution in [2.24, 2.45) is 0 Å². The zero-order valence-electron chi connectivity index (χ0n) is 9.06. The van der Waals surface area contributed by atoms with E-state index in [1.807, 2.05) is 25.1 Å². The molecule has 1 aromatic carbocycles. The van der Waals surface area contributed by atoms with Crippen LogP contribution in [0.15, 0.2) is 23.1 Å². The van der Waals surface area contributed by atoms with Crippen LogP contribution in [-0.4, -0.2) is 30.7 Å². The lowest BCUT2D eigenvalue weighted by Gasteiger charge is -2.11. The molecule has 84 valence electrons. The Kier molecular flexibility index (Phi) is 4.94. The van der Waals surface area contributed by atoms with E-state index in [9.17, 15) is 5.11 Å². The third kappa shape index (κ3) is 3.74. The molecule has 1 unspecified atom stereocenters. The second-order valence-electron chi connectivity index (χ2n) is 3.41. The molecule has 15 heavy (non-hydrogen) atoms. The normalized spacial score (nSPS) is 12.7. The molecular formula is C11H17NO2S. The van der Waals surface area contributed by atoms with Gasteiger partial charge in [-0.05, 0) is 18.6 Å². The summed E-state index contributed by atoms with van der Waals surface area (Å²) in [5.41, 5.74) is 7.78. The number of aliphatic hydroxyl groups excluding tert-OH is 1. The standard InChI is InChI=1S/C11H17NO2S/c1-8-4-3-5-10(11(8)12)15-7-9(13)6-14-2/h3-5,9,13H,6-7,12H2,1-2H3. The number of hydrogen-bond acceptors (Lipinski definition) is 4. The highest BCUT2D eigenvalue weighted by atomic mass is 32.2. The highest BCUT2D eigenvalue weighted by Crippen LogP contribution is 2.27. The Morgan fingerprint density at radius 2 is 2.27 bits per heavy atom. The largest absolute Gasteiger partial charge is 0.398 e. The first-order chi connectivity index (χ1) is 7.15. The van der Waals surface area contributed by atoms with Crippen LogP contribution in [0.5, 0.6) is 0 Å². The number of thioether (sulfide) groups is 1. The molecule has 4 heteroatoms. The number of nitrogens with two attached hydrogens (primary N) is 1. The Balaban J connectivity index is 2.54. The highest BCUT2D eigenvalue weighted by Gasteiger charge is 2.07. The minimum atomic E-state index is -0.445. The van der Waals surface area contributed by atoms with E-state index in [1.54, 1.807) is 18.9 Å². The van der Waals surface area contributed by atoms with Gasteiger partial charge in [0.15, 0.2) is 0 Å². The topological polar surface area (TPSA) is 55.5 Å². The monoisotopic (exact) mass is 227 g/mol. The number of hydrogen-bond donors (Lipinski definition) is 2. The Morgan fingerprint density at radius 3 is 2.93 bits per heavy atom. The maximum Gasteiger partial charge on any atom is 0.0867 e. The average Bonchev–Trinajstić information content (AvgIpc) is 2.21. The first-order valence-electron chi connectivity index (χ1n) is 4.80. The van der Waals surface area contributed by atoms with Gasteiger partial charge < -0.3 is 15.6 Å². The van der Waals surface area contributed by atoms with Crippen molar-refractivity contribution in [1.29, 1.82) is 0 Å². The minimum absolute atomic E-state index is 0.360. The van der Waals surface area contributed by atoms with Crippen molar-refractivity contribution in [3.63, 3.8) is 0 Å². The van der Waals surface area contributed by atoms with E-state index in [0.29, 0.717) is 12.4 Å². The van der Waals surface area contributed by atoms with E-state index < -0.39 is 6.10 Å². The molecule has 0 saturated heterocycles. The number of ether oxygens (including phenoxy) is 1. The molecule has 0 amide bonds. The second kappa shape index (κ2) is 6.00. The zero-order chi connectivity index (χ0) is 11.3. The molecule has 0 bridgehead atoms. The van der Waals surface area contributed by atoms with Crippen LogP contribution in [0, 0.1) is 6.92 Å². The summed E-state index contributed by atoms with van der Waals surface area (Å²) in [7, 11) is 1.58. The van der Waals surface area contributed by atoms with Crippen LogP contribution in [0.2, 0.25) is 0 Å². The molecule has 0 radical (unpaired) electrons. The summed E-state index contributed by atoms with van der Waals surface area (Å²) in [4.78, 5) is 1.02. The first-order valence-corrected chi connectivity index (χ1v) is 5.78. The van der Waals surface area contributed by atoms with Gasteiger partial charge in [-0.2, -0.15) is 0 Å². The molecule has 1 atom stereocenters. The summed E-state index contributed by atoms with van der Waals surface area (Å²) in [5, 5.41) is 9.48. The third-order valence-corrected chi connectivity index (χ3v) is 3.29. The van der Waals surface area contributed by atoms with Gasteiger partial charge in [0.2, 0.25) is 0 Å². The highest BCUT2D eigenvalue weighted by molar-refractivity contribution is 7.99. The number of aliphatic hydroxyl groups is 1. The van der Waals surface area contributed by atoms with Crippen LogP contribution in [0.3, 0.4) is 0 Å². The van der Waals surface area contributed by atoms with Crippen LogP contribution in [0.4, 0.5) is 5.69 Å². The van der Waals surface area contributed by atoms with Gasteiger partial charge in [-0.3, -0.25) is 0 Å². The van der Waals surface area contributed by atoms with Gasteiger partial charge >= 0.3 is 0 Å². The summed E-state index contributed by atoms with van der Waals surface area (Å²) in [6, 6.07) is 5.91. The summed E-state index contributed by atoms with van der Waals surface area (Å²) < 4.78 is 4.85. The average molecular weight is 227 g/mol. The lowest BCUT2D eigenvalue weighted by atomic mass is 10.2. The van der Waals surface area contributed by atoms with E-state index in [0.717, 1.165) is 16.1 Å². The molecule has 0 aliphatic carbocycles. The number of methoxy groups -OCH3 is 1. The van der Waals surface area contributed by atoms with Crippen molar-refractivity contribution >= 4 is 17.4 Å². The van der Waals surface area contributed by atoms with Gasteiger partial charge in [0, 0.05) is 23.4 Å². The van der Waals surface area contributed by atoms with Crippen LogP contribution >= 0.6 is 11.8 Å². The number of rotatable bonds is 5. The number of aryl methyl sites for hydroxylation is 1. The zero-order valence-corrected chi connectivity index (χ0v) is 9.88. The number of anilines is 1. The van der Waals surface area contributed by atoms with Crippen molar-refractivity contribution in [2.45, 2.75) is 17.9 Å². The molecule has 0 saturated carbocycles. The fourth-order valence-electron chi connectivity index (χ4n) is 1.21. The minimum Gasteiger partial charge on any atom is -0.398 e. The van der Waals surface area contributed by atoms with E-state index in [-0.39, 0.29) is 0 Å². The number of nitrogen functional groups attached to an aromatic ring is 1. The third-order valence-electron chi connectivity index (χ3n) is 2.07. The lowest BCUT2D eigenvalue weighted by molar-refractivity contribution is 0.0794.